The van der Waals surface area contributed by atoms with Crippen molar-refractivity contribution in [2.45, 2.75) is 30.2 Å². The zero-order valence-corrected chi connectivity index (χ0v) is 10.8. The van der Waals surface area contributed by atoms with Crippen molar-refractivity contribution in [3.8, 4) is 0 Å². The van der Waals surface area contributed by atoms with Crippen molar-refractivity contribution in [1.82, 2.24) is 4.90 Å². The van der Waals surface area contributed by atoms with Gasteiger partial charge in [-0.1, -0.05) is 6.42 Å². The van der Waals surface area contributed by atoms with E-state index in [1.807, 2.05) is 13.1 Å². The third-order valence-corrected chi connectivity index (χ3v) is 3.62. The van der Waals surface area contributed by atoms with E-state index in [2.05, 4.69) is 17.5 Å². The summed E-state index contributed by atoms with van der Waals surface area (Å²) >= 11 is 10.1. The Hall–Kier alpha value is -0.450. The molecule has 2 heterocycles. The first-order chi connectivity index (χ1) is 7.59. The van der Waals surface area contributed by atoms with E-state index < -0.39 is 0 Å². The van der Waals surface area contributed by atoms with Crippen LogP contribution in [0, 0.1) is 5.21 Å². The van der Waals surface area contributed by atoms with Gasteiger partial charge in [-0.3, -0.25) is 4.90 Å². The van der Waals surface area contributed by atoms with Gasteiger partial charge in [-0.05, 0) is 38.0 Å². The molecule has 0 spiro atoms. The molecule has 2 rings (SSSR count). The minimum Gasteiger partial charge on any atom is -0.617 e. The van der Waals surface area contributed by atoms with Crippen LogP contribution in [0.5, 0.6) is 0 Å². The largest absolute Gasteiger partial charge is 0.617 e. The summed E-state index contributed by atoms with van der Waals surface area (Å²) in [6.45, 7) is 1.03. The fraction of sp³-hybridized carbons (Fsp3) is 0.545. The average Bonchev–Trinajstić information content (AvgIpc) is 2.24. The highest BCUT2D eigenvalue weighted by Crippen LogP contribution is 2.29. The first kappa shape index (κ1) is 12.0. The van der Waals surface area contributed by atoms with E-state index in [-0.39, 0.29) is 11.2 Å². The third-order valence-electron chi connectivity index (χ3n) is 3.10. The Labute approximate surface area is 106 Å². The van der Waals surface area contributed by atoms with E-state index in [9.17, 15) is 5.21 Å². The van der Waals surface area contributed by atoms with Crippen molar-refractivity contribution in [2.24, 2.45) is 0 Å². The van der Waals surface area contributed by atoms with Gasteiger partial charge in [-0.25, -0.2) is 0 Å². The van der Waals surface area contributed by atoms with Crippen LogP contribution >= 0.6 is 24.2 Å². The normalized spacial score (nSPS) is 22.3. The lowest BCUT2D eigenvalue weighted by Crippen LogP contribution is -2.41. The Morgan fingerprint density at radius 1 is 1.50 bits per heavy atom. The van der Waals surface area contributed by atoms with Crippen LogP contribution in [0.2, 0.25) is 5.15 Å². The van der Waals surface area contributed by atoms with E-state index in [4.69, 9.17) is 11.6 Å². The number of piperidine rings is 1. The van der Waals surface area contributed by atoms with Gasteiger partial charge in [0.1, 0.15) is 0 Å². The van der Waals surface area contributed by atoms with E-state index in [0.717, 1.165) is 29.0 Å². The quantitative estimate of drug-likeness (QED) is 0.363. The summed E-state index contributed by atoms with van der Waals surface area (Å²) in [4.78, 5) is 2.95. The predicted molar refractivity (Wildman–Crippen MR) is 66.9 cm³/mol. The predicted octanol–water partition coefficient (Wildman–Crippen LogP) is 2.42. The Morgan fingerprint density at radius 3 is 2.94 bits per heavy atom. The summed E-state index contributed by atoms with van der Waals surface area (Å²) in [6, 6.07) is 3.55. The van der Waals surface area contributed by atoms with E-state index >= 15 is 0 Å². The fourth-order valence-electron chi connectivity index (χ4n) is 2.24. The van der Waals surface area contributed by atoms with Crippen LogP contribution in [0.3, 0.4) is 0 Å². The van der Waals surface area contributed by atoms with Gasteiger partial charge in [-0.15, -0.1) is 12.6 Å². The summed E-state index contributed by atoms with van der Waals surface area (Å²) in [5.41, 5.74) is 0.708. The lowest BCUT2D eigenvalue weighted by Gasteiger charge is -2.31. The number of nitrogens with zero attached hydrogens (tertiary/aromatic N) is 2. The number of likely N-dealkylation sites (tertiary alicyclic amines) is 1. The zero-order valence-electron chi connectivity index (χ0n) is 9.19. The van der Waals surface area contributed by atoms with Crippen molar-refractivity contribution in [1.29, 1.82) is 0 Å². The van der Waals surface area contributed by atoms with Gasteiger partial charge in [0.15, 0.2) is 0 Å². The number of rotatable bonds is 1. The molecule has 1 aliphatic heterocycles. The molecule has 0 amide bonds. The molecule has 5 heteroatoms. The minimum atomic E-state index is 0.163. The molecule has 3 nitrogen and oxygen atoms in total. The van der Waals surface area contributed by atoms with Gasteiger partial charge < -0.3 is 5.21 Å². The van der Waals surface area contributed by atoms with E-state index in [0.29, 0.717) is 5.69 Å². The number of pyridine rings is 1. The van der Waals surface area contributed by atoms with Gasteiger partial charge in [0.25, 0.3) is 5.15 Å². The maximum absolute atomic E-state index is 11.9. The van der Waals surface area contributed by atoms with Gasteiger partial charge in [0.05, 0.1) is 6.04 Å². The molecule has 0 N–H and O–H groups in total. The van der Waals surface area contributed by atoms with Crippen LogP contribution in [-0.2, 0) is 0 Å². The maximum atomic E-state index is 11.9. The van der Waals surface area contributed by atoms with Gasteiger partial charge in [-0.2, -0.15) is 4.73 Å². The molecular formula is C11H15ClN2OS. The summed E-state index contributed by atoms with van der Waals surface area (Å²) < 4.78 is 0.813. The highest BCUT2D eigenvalue weighted by molar-refractivity contribution is 7.80. The molecule has 1 aromatic rings. The maximum Gasteiger partial charge on any atom is 0.287 e. The topological polar surface area (TPSA) is 30.2 Å². The minimum absolute atomic E-state index is 0.163. The second-order valence-corrected chi connectivity index (χ2v) is 5.15. The second-order valence-electron chi connectivity index (χ2n) is 4.25. The number of hydrogen-bond donors (Lipinski definition) is 1. The van der Waals surface area contributed by atoms with Gasteiger partial charge in [0.2, 0.25) is 5.69 Å². The average molecular weight is 259 g/mol. The van der Waals surface area contributed by atoms with Crippen molar-refractivity contribution < 1.29 is 4.73 Å². The van der Waals surface area contributed by atoms with Gasteiger partial charge in [0, 0.05) is 17.0 Å². The summed E-state index contributed by atoms with van der Waals surface area (Å²) in [5.74, 6) is 0. The van der Waals surface area contributed by atoms with Crippen molar-refractivity contribution in [2.75, 3.05) is 13.6 Å². The molecule has 0 bridgehead atoms. The Morgan fingerprint density at radius 2 is 2.25 bits per heavy atom. The fourth-order valence-corrected chi connectivity index (χ4v) is 2.78. The highest BCUT2D eigenvalue weighted by Gasteiger charge is 2.28. The monoisotopic (exact) mass is 258 g/mol. The summed E-state index contributed by atoms with van der Waals surface area (Å²) in [6.07, 6.45) is 3.36. The molecular weight excluding hydrogens is 244 g/mol. The van der Waals surface area contributed by atoms with Crippen LogP contribution in [0.4, 0.5) is 0 Å². The number of hydrogen-bond acceptors (Lipinski definition) is 3. The van der Waals surface area contributed by atoms with Crippen LogP contribution in [-0.4, -0.2) is 18.5 Å². The summed E-state index contributed by atoms with van der Waals surface area (Å²) in [7, 11) is 2.04. The van der Waals surface area contributed by atoms with Crippen LogP contribution in [0.1, 0.15) is 31.0 Å². The van der Waals surface area contributed by atoms with Crippen LogP contribution in [0.25, 0.3) is 0 Å². The number of thiol groups is 1. The lowest BCUT2D eigenvalue weighted by atomic mass is 9.99. The third kappa shape index (κ3) is 2.29. The Kier molecular flexibility index (Phi) is 3.62. The Balaban J connectivity index is 2.38. The Bertz CT molecular complexity index is 400. The molecule has 1 aliphatic rings. The van der Waals surface area contributed by atoms with E-state index in [1.165, 1.54) is 6.42 Å². The summed E-state index contributed by atoms with van der Waals surface area (Å²) in [5, 5.41) is 12.1. The molecule has 1 saturated heterocycles. The molecule has 1 atom stereocenters. The van der Waals surface area contributed by atoms with Crippen molar-refractivity contribution >= 4 is 24.2 Å². The van der Waals surface area contributed by atoms with E-state index in [1.54, 1.807) is 6.07 Å². The molecule has 0 saturated carbocycles. The lowest BCUT2D eigenvalue weighted by molar-refractivity contribution is -0.615. The molecule has 1 aromatic heterocycles. The molecule has 1 fully saturated rings. The van der Waals surface area contributed by atoms with Crippen LogP contribution in [0.15, 0.2) is 17.0 Å². The zero-order chi connectivity index (χ0) is 11.7. The van der Waals surface area contributed by atoms with Gasteiger partial charge >= 0.3 is 0 Å². The van der Waals surface area contributed by atoms with Crippen LogP contribution < -0.4 is 4.73 Å². The van der Waals surface area contributed by atoms with Crippen molar-refractivity contribution in [3.05, 3.63) is 28.2 Å². The standard InChI is InChI=1S/C11H15ClN2OS/c1-13-5-3-2-4-9(13)10-6-8(16)7-11(12)14(10)15/h6-7,9,16H,2-5H2,1H3. The number of aromatic nitrogens is 1. The second kappa shape index (κ2) is 4.82. The molecule has 88 valence electrons. The SMILES string of the molecule is CN1CCCCC1c1cc(S)cc(Cl)[n+]1[O-]. The first-order valence-electron chi connectivity index (χ1n) is 5.42. The van der Waals surface area contributed by atoms with Crippen molar-refractivity contribution in [3.63, 3.8) is 0 Å². The highest BCUT2D eigenvalue weighted by atomic mass is 35.5. The molecule has 1 unspecified atom stereocenters. The molecule has 16 heavy (non-hydrogen) atoms. The smallest absolute Gasteiger partial charge is 0.287 e. The first-order valence-corrected chi connectivity index (χ1v) is 6.24. The molecule has 0 aromatic carbocycles. The number of halogens is 1. The molecule has 0 aliphatic carbocycles. The molecule has 0 radical (unpaired) electrons.